The van der Waals surface area contributed by atoms with E-state index in [1.165, 1.54) is 83.5 Å². The number of unbranched alkanes of at least 4 members (excludes halogenated alkanes) is 13. The van der Waals surface area contributed by atoms with Crippen LogP contribution in [-0.2, 0) is 0 Å². The van der Waals surface area contributed by atoms with E-state index >= 15 is 0 Å². The molecule has 0 nitrogen and oxygen atoms in total. The van der Waals surface area contributed by atoms with E-state index in [0.717, 1.165) is 0 Å². The Bertz CT molecular complexity index is 98.1. The van der Waals surface area contributed by atoms with Gasteiger partial charge in [-0.15, -0.1) is 0 Å². The van der Waals surface area contributed by atoms with Crippen LogP contribution in [0.4, 0.5) is 0 Å². The molecule has 0 aliphatic carbocycles. The van der Waals surface area contributed by atoms with E-state index < -0.39 is 0 Å². The fraction of sp³-hybridized carbons (Fsp3) is 0.938. The van der Waals surface area contributed by atoms with Crippen LogP contribution >= 0.6 is 0 Å². The van der Waals surface area contributed by atoms with Crippen molar-refractivity contribution in [2.24, 2.45) is 0 Å². The van der Waals surface area contributed by atoms with Crippen LogP contribution in [0.5, 0.6) is 0 Å². The summed E-state index contributed by atoms with van der Waals surface area (Å²) in [6, 6.07) is 0. The van der Waals surface area contributed by atoms with Gasteiger partial charge in [-0.2, -0.15) is 12.8 Å². The predicted molar refractivity (Wildman–Crippen MR) is 75.7 cm³/mol. The van der Waals surface area contributed by atoms with E-state index in [2.05, 4.69) is 20.3 Å². The summed E-state index contributed by atoms with van der Waals surface area (Å²) in [7, 11) is 0. The topological polar surface area (TPSA) is 0 Å². The Morgan fingerprint density at radius 1 is 0.529 bits per heavy atom. The zero-order chi connectivity index (χ0) is 11.9. The largest absolute Gasteiger partial charge is 1.00 e. The molecule has 0 spiro atoms. The van der Waals surface area contributed by atoms with Gasteiger partial charge in [0.05, 0.1) is 0 Å². The maximum atomic E-state index is 2.52. The molecule has 0 aromatic heterocycles. The van der Waals surface area contributed by atoms with Crippen LogP contribution in [0, 0.1) is 6.42 Å². The molecule has 17 heavy (non-hydrogen) atoms. The monoisotopic (exact) mass is 248 g/mol. The van der Waals surface area contributed by atoms with Crippen LogP contribution in [0.25, 0.3) is 0 Å². The first kappa shape index (κ1) is 20.3. The molecule has 0 amide bonds. The van der Waals surface area contributed by atoms with Crippen LogP contribution in [0.1, 0.15) is 97.3 Å². The molecular formula is C16H33Na. The number of rotatable bonds is 13. The van der Waals surface area contributed by atoms with E-state index in [9.17, 15) is 0 Å². The second-order valence-electron chi connectivity index (χ2n) is 5.05. The minimum Gasteiger partial charge on any atom is -0.328 e. The smallest absolute Gasteiger partial charge is 0.328 e. The SMILES string of the molecule is CCCCCCC[CH-]CCCCCCCC.[Na+]. The van der Waals surface area contributed by atoms with Crippen LogP contribution in [-0.4, -0.2) is 0 Å². The van der Waals surface area contributed by atoms with Crippen molar-refractivity contribution in [2.75, 3.05) is 0 Å². The Morgan fingerprint density at radius 2 is 0.882 bits per heavy atom. The van der Waals surface area contributed by atoms with Crippen molar-refractivity contribution in [3.05, 3.63) is 6.42 Å². The van der Waals surface area contributed by atoms with Gasteiger partial charge in [-0.3, -0.25) is 0 Å². The summed E-state index contributed by atoms with van der Waals surface area (Å²) >= 11 is 0. The molecule has 0 saturated carbocycles. The minimum atomic E-state index is 0. The molecule has 0 fully saturated rings. The summed E-state index contributed by atoms with van der Waals surface area (Å²) in [4.78, 5) is 0. The Morgan fingerprint density at radius 3 is 1.29 bits per heavy atom. The molecule has 0 bridgehead atoms. The van der Waals surface area contributed by atoms with E-state index in [-0.39, 0.29) is 29.6 Å². The van der Waals surface area contributed by atoms with Crippen molar-refractivity contribution in [2.45, 2.75) is 97.3 Å². The van der Waals surface area contributed by atoms with E-state index in [1.807, 2.05) is 0 Å². The van der Waals surface area contributed by atoms with E-state index in [1.54, 1.807) is 0 Å². The van der Waals surface area contributed by atoms with Crippen molar-refractivity contribution < 1.29 is 29.6 Å². The molecule has 0 atom stereocenters. The van der Waals surface area contributed by atoms with Crippen LogP contribution in [0.15, 0.2) is 0 Å². The summed E-state index contributed by atoms with van der Waals surface area (Å²) < 4.78 is 0. The normalized spacial score (nSPS) is 10.2. The summed E-state index contributed by atoms with van der Waals surface area (Å²) in [5.74, 6) is 0. The van der Waals surface area contributed by atoms with Gasteiger partial charge in [0, 0.05) is 0 Å². The molecule has 1 heteroatoms. The number of hydrogen-bond donors (Lipinski definition) is 0. The minimum absolute atomic E-state index is 0. The average molecular weight is 248 g/mol. The second-order valence-corrected chi connectivity index (χ2v) is 5.05. The molecule has 0 heterocycles. The van der Waals surface area contributed by atoms with Gasteiger partial charge in [-0.05, 0) is 0 Å². The summed E-state index contributed by atoms with van der Waals surface area (Å²) in [6.07, 6.45) is 20.9. The van der Waals surface area contributed by atoms with Gasteiger partial charge in [0.2, 0.25) is 0 Å². The first-order chi connectivity index (χ1) is 7.91. The molecule has 0 aliphatic rings. The van der Waals surface area contributed by atoms with Crippen LogP contribution in [0.2, 0.25) is 0 Å². The molecule has 98 valence electrons. The van der Waals surface area contributed by atoms with Gasteiger partial charge < -0.3 is 6.42 Å². The van der Waals surface area contributed by atoms with Crippen molar-refractivity contribution in [1.82, 2.24) is 0 Å². The Labute approximate surface area is 133 Å². The molecule has 0 aromatic carbocycles. The molecule has 0 rings (SSSR count). The fourth-order valence-electron chi connectivity index (χ4n) is 2.11. The molecule has 0 saturated heterocycles. The quantitative estimate of drug-likeness (QED) is 0.266. The Balaban J connectivity index is 0. The van der Waals surface area contributed by atoms with Crippen LogP contribution < -0.4 is 29.6 Å². The third-order valence-corrected chi connectivity index (χ3v) is 3.27. The van der Waals surface area contributed by atoms with Gasteiger partial charge in [0.1, 0.15) is 0 Å². The summed E-state index contributed by atoms with van der Waals surface area (Å²) in [5, 5.41) is 0. The van der Waals surface area contributed by atoms with E-state index in [0.29, 0.717) is 0 Å². The van der Waals surface area contributed by atoms with Gasteiger partial charge in [-0.25, -0.2) is 0 Å². The zero-order valence-corrected chi connectivity index (χ0v) is 14.8. The van der Waals surface area contributed by atoms with Crippen LogP contribution in [0.3, 0.4) is 0 Å². The molecule has 0 N–H and O–H groups in total. The maximum Gasteiger partial charge on any atom is 1.00 e. The standard InChI is InChI=1S/C16H33.Na/c1-3-5-7-9-11-13-15-16-14-12-10-8-6-4-2;/h15H,3-14,16H2,1-2H3;/q-1;+1. The van der Waals surface area contributed by atoms with Crippen molar-refractivity contribution in [1.29, 1.82) is 0 Å². The summed E-state index contributed by atoms with van der Waals surface area (Å²) in [5.41, 5.74) is 0. The van der Waals surface area contributed by atoms with E-state index in [4.69, 9.17) is 0 Å². The number of hydrogen-bond acceptors (Lipinski definition) is 0. The van der Waals surface area contributed by atoms with Gasteiger partial charge in [0.15, 0.2) is 0 Å². The third kappa shape index (κ3) is 19.5. The summed E-state index contributed by atoms with van der Waals surface area (Å²) in [6.45, 7) is 4.57. The molecule has 0 aromatic rings. The first-order valence-corrected chi connectivity index (χ1v) is 7.73. The molecular weight excluding hydrogens is 215 g/mol. The van der Waals surface area contributed by atoms with Crippen molar-refractivity contribution in [3.8, 4) is 0 Å². The molecule has 0 unspecified atom stereocenters. The Hall–Kier alpha value is 1.00. The van der Waals surface area contributed by atoms with Gasteiger partial charge in [0.25, 0.3) is 0 Å². The third-order valence-electron chi connectivity index (χ3n) is 3.27. The van der Waals surface area contributed by atoms with Crippen molar-refractivity contribution in [3.63, 3.8) is 0 Å². The maximum absolute atomic E-state index is 2.52. The van der Waals surface area contributed by atoms with Crippen molar-refractivity contribution >= 4 is 0 Å². The predicted octanol–water partition coefficient (Wildman–Crippen LogP) is 3.31. The molecule has 0 radical (unpaired) electrons. The zero-order valence-electron chi connectivity index (χ0n) is 12.8. The average Bonchev–Trinajstić information content (AvgIpc) is 2.31. The fourth-order valence-corrected chi connectivity index (χ4v) is 2.11. The van der Waals surface area contributed by atoms with Gasteiger partial charge in [-0.1, -0.05) is 84.5 Å². The second kappa shape index (κ2) is 19.3. The Kier molecular flexibility index (Phi) is 23.1. The molecule has 0 aliphatic heterocycles. The first-order valence-electron chi connectivity index (χ1n) is 7.73. The van der Waals surface area contributed by atoms with Gasteiger partial charge >= 0.3 is 29.6 Å².